The van der Waals surface area contributed by atoms with E-state index in [1.165, 1.54) is 12.1 Å². The Bertz CT molecular complexity index is 940. The Labute approximate surface area is 178 Å². The van der Waals surface area contributed by atoms with Gasteiger partial charge in [0.05, 0.1) is 0 Å². The number of hydrogen-bond donors (Lipinski definition) is 2. The second-order valence-corrected chi connectivity index (χ2v) is 9.13. The van der Waals surface area contributed by atoms with Crippen molar-refractivity contribution >= 4 is 43.8 Å². The number of benzene rings is 2. The summed E-state index contributed by atoms with van der Waals surface area (Å²) in [6.45, 7) is 4.74. The standard InChI is InChI=1S/C21H20F3N3O2Se/c1-2-19(28)26-16-7-8-18(17(13-16)20(29)27-9-11-30-12-10-27)25-15-5-3-14(4-6-15)21(22,23)24/h2-8,13,25H,1,9-12H2,(H,26,28). The van der Waals surface area contributed by atoms with E-state index < -0.39 is 17.6 Å². The Kier molecular flexibility index (Phi) is 6.84. The van der Waals surface area contributed by atoms with Crippen molar-refractivity contribution < 1.29 is 22.8 Å². The molecule has 0 aliphatic carbocycles. The second-order valence-electron chi connectivity index (χ2n) is 6.56. The molecule has 1 aliphatic heterocycles. The summed E-state index contributed by atoms with van der Waals surface area (Å²) in [5.41, 5.74) is 0.894. The fourth-order valence-corrected chi connectivity index (χ4v) is 4.83. The number of hydrogen-bond acceptors (Lipinski definition) is 3. The van der Waals surface area contributed by atoms with Gasteiger partial charge in [0.1, 0.15) is 0 Å². The summed E-state index contributed by atoms with van der Waals surface area (Å²) >= 11 is 0.540. The maximum atomic E-state index is 13.1. The van der Waals surface area contributed by atoms with Crippen LogP contribution in [0.2, 0.25) is 10.6 Å². The van der Waals surface area contributed by atoms with Gasteiger partial charge in [-0.1, -0.05) is 0 Å². The number of carbonyl (C=O) groups excluding carboxylic acids is 2. The van der Waals surface area contributed by atoms with Crippen LogP contribution in [-0.4, -0.2) is 44.8 Å². The zero-order chi connectivity index (χ0) is 21.7. The number of anilines is 3. The van der Waals surface area contributed by atoms with E-state index >= 15 is 0 Å². The first-order valence-corrected chi connectivity index (χ1v) is 11.6. The van der Waals surface area contributed by atoms with Gasteiger partial charge >= 0.3 is 165 Å². The molecule has 2 N–H and O–H groups in total. The van der Waals surface area contributed by atoms with Crippen LogP contribution in [0.5, 0.6) is 0 Å². The summed E-state index contributed by atoms with van der Waals surface area (Å²) in [5, 5.41) is 7.61. The molecule has 1 aliphatic rings. The fraction of sp³-hybridized carbons (Fsp3) is 0.238. The van der Waals surface area contributed by atoms with Crippen LogP contribution in [0.1, 0.15) is 15.9 Å². The molecule has 0 saturated carbocycles. The van der Waals surface area contributed by atoms with Crippen LogP contribution in [-0.2, 0) is 11.0 Å². The number of amides is 2. The number of halogens is 3. The summed E-state index contributed by atoms with van der Waals surface area (Å²) in [5.74, 6) is -0.591. The summed E-state index contributed by atoms with van der Waals surface area (Å²) in [6.07, 6.45) is -3.29. The van der Waals surface area contributed by atoms with Crippen molar-refractivity contribution in [3.63, 3.8) is 0 Å². The van der Waals surface area contributed by atoms with Crippen molar-refractivity contribution in [2.75, 3.05) is 23.7 Å². The molecule has 2 amide bonds. The third kappa shape index (κ3) is 5.43. The zero-order valence-corrected chi connectivity index (χ0v) is 17.7. The molecule has 1 heterocycles. The zero-order valence-electron chi connectivity index (χ0n) is 16.0. The van der Waals surface area contributed by atoms with Gasteiger partial charge in [-0.3, -0.25) is 0 Å². The van der Waals surface area contributed by atoms with Gasteiger partial charge in [-0.05, 0) is 0 Å². The van der Waals surface area contributed by atoms with Gasteiger partial charge in [0.2, 0.25) is 0 Å². The molecular weight excluding hydrogens is 462 g/mol. The van der Waals surface area contributed by atoms with Crippen molar-refractivity contribution in [3.8, 4) is 0 Å². The van der Waals surface area contributed by atoms with E-state index in [0.717, 1.165) is 28.8 Å². The molecule has 5 nitrogen and oxygen atoms in total. The predicted molar refractivity (Wildman–Crippen MR) is 111 cm³/mol. The Morgan fingerprint density at radius 2 is 1.67 bits per heavy atom. The van der Waals surface area contributed by atoms with Crippen LogP contribution in [0.25, 0.3) is 0 Å². The molecule has 0 radical (unpaired) electrons. The normalized spacial score (nSPS) is 14.2. The Morgan fingerprint density at radius 1 is 1.03 bits per heavy atom. The number of nitrogens with one attached hydrogen (secondary N) is 2. The first-order chi connectivity index (χ1) is 14.3. The van der Waals surface area contributed by atoms with Gasteiger partial charge in [-0.15, -0.1) is 0 Å². The van der Waals surface area contributed by atoms with E-state index in [9.17, 15) is 22.8 Å². The van der Waals surface area contributed by atoms with Crippen LogP contribution >= 0.6 is 0 Å². The molecule has 1 saturated heterocycles. The molecule has 2 aromatic carbocycles. The van der Waals surface area contributed by atoms with Crippen LogP contribution in [0.4, 0.5) is 30.2 Å². The fourth-order valence-electron chi connectivity index (χ4n) is 2.94. The average molecular weight is 482 g/mol. The van der Waals surface area contributed by atoms with E-state index in [4.69, 9.17) is 0 Å². The molecule has 3 rings (SSSR count). The van der Waals surface area contributed by atoms with Crippen molar-refractivity contribution in [2.24, 2.45) is 0 Å². The van der Waals surface area contributed by atoms with Gasteiger partial charge in [-0.2, -0.15) is 13.2 Å². The molecule has 9 heteroatoms. The van der Waals surface area contributed by atoms with Crippen molar-refractivity contribution in [2.45, 2.75) is 16.8 Å². The van der Waals surface area contributed by atoms with Crippen molar-refractivity contribution in [1.29, 1.82) is 0 Å². The molecule has 0 aromatic heterocycles. The van der Waals surface area contributed by atoms with Crippen LogP contribution in [0.15, 0.2) is 55.1 Å². The summed E-state index contributed by atoms with van der Waals surface area (Å²) in [6, 6.07) is 9.39. The number of alkyl halides is 3. The number of nitrogens with zero attached hydrogens (tertiary/aromatic N) is 1. The first kappa shape index (κ1) is 21.9. The Hall–Kier alpha value is -2.77. The molecule has 0 spiro atoms. The first-order valence-electron chi connectivity index (χ1n) is 9.16. The molecule has 158 valence electrons. The monoisotopic (exact) mass is 483 g/mol. The average Bonchev–Trinajstić information content (AvgIpc) is 2.74. The minimum absolute atomic E-state index is 0.186. The molecule has 0 bridgehead atoms. The van der Waals surface area contributed by atoms with E-state index in [-0.39, 0.29) is 5.91 Å². The molecule has 0 unspecified atom stereocenters. The van der Waals surface area contributed by atoms with Crippen molar-refractivity contribution in [1.82, 2.24) is 4.90 Å². The van der Waals surface area contributed by atoms with Crippen LogP contribution in [0.3, 0.4) is 0 Å². The topological polar surface area (TPSA) is 61.4 Å². The van der Waals surface area contributed by atoms with E-state index in [1.807, 2.05) is 0 Å². The predicted octanol–water partition coefficient (Wildman–Crippen LogP) is 4.57. The minimum atomic E-state index is -4.42. The maximum absolute atomic E-state index is 13.1. The van der Waals surface area contributed by atoms with Crippen molar-refractivity contribution in [3.05, 3.63) is 66.2 Å². The van der Waals surface area contributed by atoms with Crippen LogP contribution in [0, 0.1) is 0 Å². The van der Waals surface area contributed by atoms with Gasteiger partial charge in [0.15, 0.2) is 0 Å². The quantitative estimate of drug-likeness (QED) is 0.485. The Balaban J connectivity index is 1.90. The van der Waals surface area contributed by atoms with E-state index in [1.54, 1.807) is 23.1 Å². The van der Waals surface area contributed by atoms with Gasteiger partial charge < -0.3 is 0 Å². The van der Waals surface area contributed by atoms with Gasteiger partial charge in [-0.25, -0.2) is 0 Å². The third-order valence-corrected chi connectivity index (χ3v) is 6.47. The molecular formula is C21H20F3N3O2Se. The van der Waals surface area contributed by atoms with E-state index in [0.29, 0.717) is 50.7 Å². The molecule has 1 fully saturated rings. The summed E-state index contributed by atoms with van der Waals surface area (Å²) in [7, 11) is 0. The molecule has 2 aromatic rings. The molecule has 30 heavy (non-hydrogen) atoms. The summed E-state index contributed by atoms with van der Waals surface area (Å²) < 4.78 is 38.4. The number of rotatable bonds is 5. The summed E-state index contributed by atoms with van der Waals surface area (Å²) in [4.78, 5) is 26.5. The van der Waals surface area contributed by atoms with E-state index in [2.05, 4.69) is 17.2 Å². The second kappa shape index (κ2) is 9.36. The SMILES string of the molecule is C=CC(=O)Nc1ccc(Nc2ccc(C(F)(F)F)cc2)c(C(=O)N2CC[Se]CC2)c1. The van der Waals surface area contributed by atoms with Gasteiger partial charge in [0.25, 0.3) is 0 Å². The number of carbonyl (C=O) groups is 2. The van der Waals surface area contributed by atoms with Gasteiger partial charge in [0, 0.05) is 0 Å². The molecule has 0 atom stereocenters. The third-order valence-electron chi connectivity index (χ3n) is 4.49. The Morgan fingerprint density at radius 3 is 2.27 bits per heavy atom. The van der Waals surface area contributed by atoms with Crippen LogP contribution < -0.4 is 10.6 Å².